The van der Waals surface area contributed by atoms with Crippen LogP contribution in [0.25, 0.3) is 0 Å². The summed E-state index contributed by atoms with van der Waals surface area (Å²) in [5.74, 6) is 0.386. The van der Waals surface area contributed by atoms with E-state index in [1.807, 2.05) is 24.3 Å². The molecule has 0 heterocycles. The van der Waals surface area contributed by atoms with Gasteiger partial charge in [0.05, 0.1) is 18.1 Å². The molecule has 0 aliphatic heterocycles. The molecule has 0 saturated heterocycles. The average Bonchev–Trinajstić information content (AvgIpc) is 2.69. The summed E-state index contributed by atoms with van der Waals surface area (Å²) < 4.78 is 11.5. The number of nitro benzene ring substituents is 1. The van der Waals surface area contributed by atoms with Gasteiger partial charge in [-0.25, -0.2) is 0 Å². The van der Waals surface area contributed by atoms with Crippen molar-refractivity contribution >= 4 is 33.2 Å². The maximum Gasteiger partial charge on any atom is 0.293 e. The molecule has 0 bridgehead atoms. The molecule has 8 nitrogen and oxygen atoms in total. The largest absolute Gasteiger partial charge is 0.492 e. The van der Waals surface area contributed by atoms with Crippen molar-refractivity contribution in [3.63, 3.8) is 0 Å². The molecule has 1 N–H and O–H groups in total. The number of rotatable bonds is 10. The van der Waals surface area contributed by atoms with Crippen LogP contribution in [0.1, 0.15) is 10.4 Å². The standard InChI is InChI=1S/C19H22BrN3O5/c1-22(10-12-28-16-6-4-15(20)5-7-16)19(24)14-3-8-17(21-9-11-27-2)18(13-14)23(25)26/h3-8,13,21H,9-12H2,1-2H3. The molecule has 0 aromatic heterocycles. The second-order valence-electron chi connectivity index (χ2n) is 5.94. The van der Waals surface area contributed by atoms with E-state index in [0.717, 1.165) is 4.47 Å². The fourth-order valence-corrected chi connectivity index (χ4v) is 2.67. The van der Waals surface area contributed by atoms with E-state index in [0.29, 0.717) is 37.7 Å². The van der Waals surface area contributed by atoms with Crippen molar-refractivity contribution in [2.24, 2.45) is 0 Å². The van der Waals surface area contributed by atoms with E-state index in [4.69, 9.17) is 9.47 Å². The molecule has 9 heteroatoms. The zero-order chi connectivity index (χ0) is 20.5. The molecule has 0 aliphatic rings. The lowest BCUT2D eigenvalue weighted by Gasteiger charge is -2.18. The first-order valence-corrected chi connectivity index (χ1v) is 9.36. The van der Waals surface area contributed by atoms with E-state index < -0.39 is 4.92 Å². The van der Waals surface area contributed by atoms with Crippen LogP contribution in [-0.2, 0) is 4.74 Å². The molecule has 0 unspecified atom stereocenters. The van der Waals surface area contributed by atoms with Gasteiger partial charge in [0, 0.05) is 36.8 Å². The number of amides is 1. The Morgan fingerprint density at radius 2 is 1.93 bits per heavy atom. The summed E-state index contributed by atoms with van der Waals surface area (Å²) in [7, 11) is 3.18. The van der Waals surface area contributed by atoms with E-state index in [2.05, 4.69) is 21.2 Å². The lowest BCUT2D eigenvalue weighted by molar-refractivity contribution is -0.384. The number of benzene rings is 2. The summed E-state index contributed by atoms with van der Waals surface area (Å²) in [5, 5.41) is 14.3. The van der Waals surface area contributed by atoms with Gasteiger partial charge in [-0.1, -0.05) is 15.9 Å². The molecule has 0 aliphatic carbocycles. The third-order valence-corrected chi connectivity index (χ3v) is 4.45. The van der Waals surface area contributed by atoms with Crippen LogP contribution in [0.2, 0.25) is 0 Å². The van der Waals surface area contributed by atoms with Gasteiger partial charge in [-0.15, -0.1) is 0 Å². The second kappa shape index (κ2) is 10.6. The van der Waals surface area contributed by atoms with Crippen LogP contribution < -0.4 is 10.1 Å². The van der Waals surface area contributed by atoms with Gasteiger partial charge < -0.3 is 19.7 Å². The predicted octanol–water partition coefficient (Wildman–Crippen LogP) is 3.57. The number of nitrogens with one attached hydrogen (secondary N) is 1. The van der Waals surface area contributed by atoms with Gasteiger partial charge in [-0.2, -0.15) is 0 Å². The maximum absolute atomic E-state index is 12.6. The predicted molar refractivity (Wildman–Crippen MR) is 110 cm³/mol. The molecule has 2 rings (SSSR count). The summed E-state index contributed by atoms with van der Waals surface area (Å²) in [4.78, 5) is 24.9. The summed E-state index contributed by atoms with van der Waals surface area (Å²) in [6.07, 6.45) is 0. The molecule has 0 spiro atoms. The number of halogens is 1. The Kier molecular flexibility index (Phi) is 8.21. The van der Waals surface area contributed by atoms with Crippen LogP contribution in [0.4, 0.5) is 11.4 Å². The smallest absolute Gasteiger partial charge is 0.293 e. The SMILES string of the molecule is COCCNc1ccc(C(=O)N(C)CCOc2ccc(Br)cc2)cc1[N+](=O)[O-]. The molecule has 2 aromatic carbocycles. The molecule has 150 valence electrons. The number of hydrogen-bond acceptors (Lipinski definition) is 6. The quantitative estimate of drug-likeness (QED) is 0.337. The van der Waals surface area contributed by atoms with Crippen molar-refractivity contribution in [3.05, 3.63) is 62.6 Å². The Morgan fingerprint density at radius 1 is 1.21 bits per heavy atom. The van der Waals surface area contributed by atoms with Crippen molar-refractivity contribution in [1.82, 2.24) is 4.90 Å². The number of likely N-dealkylation sites (N-methyl/N-ethyl adjacent to an activating group) is 1. The fourth-order valence-electron chi connectivity index (χ4n) is 2.41. The highest BCUT2D eigenvalue weighted by molar-refractivity contribution is 9.10. The number of nitro groups is 1. The average molecular weight is 452 g/mol. The van der Waals surface area contributed by atoms with Crippen molar-refractivity contribution in [2.45, 2.75) is 0 Å². The summed E-state index contributed by atoms with van der Waals surface area (Å²) >= 11 is 3.35. The highest BCUT2D eigenvalue weighted by Crippen LogP contribution is 2.26. The van der Waals surface area contributed by atoms with Crippen LogP contribution >= 0.6 is 15.9 Å². The van der Waals surface area contributed by atoms with Crippen molar-refractivity contribution in [1.29, 1.82) is 0 Å². The molecule has 2 aromatic rings. The van der Waals surface area contributed by atoms with E-state index in [9.17, 15) is 14.9 Å². The van der Waals surface area contributed by atoms with Gasteiger partial charge in [0.15, 0.2) is 0 Å². The van der Waals surface area contributed by atoms with E-state index in [-0.39, 0.29) is 17.2 Å². The molecule has 0 radical (unpaired) electrons. The molecular formula is C19H22BrN3O5. The fraction of sp³-hybridized carbons (Fsp3) is 0.316. The minimum Gasteiger partial charge on any atom is -0.492 e. The Bertz CT molecular complexity index is 814. The first kappa shape index (κ1) is 21.6. The number of methoxy groups -OCH3 is 1. The van der Waals surface area contributed by atoms with Gasteiger partial charge in [0.1, 0.15) is 18.0 Å². The van der Waals surface area contributed by atoms with E-state index in [1.54, 1.807) is 20.2 Å². The Hall–Kier alpha value is -2.65. The first-order chi connectivity index (χ1) is 13.4. The minimum atomic E-state index is -0.511. The van der Waals surface area contributed by atoms with Crippen LogP contribution in [-0.4, -0.2) is 56.2 Å². The lowest BCUT2D eigenvalue weighted by atomic mass is 10.1. The third-order valence-electron chi connectivity index (χ3n) is 3.92. The molecule has 0 fully saturated rings. The summed E-state index contributed by atoms with van der Waals surface area (Å²) in [6, 6.07) is 11.8. The zero-order valence-corrected chi connectivity index (χ0v) is 17.3. The Morgan fingerprint density at radius 3 is 2.57 bits per heavy atom. The number of hydrogen-bond donors (Lipinski definition) is 1. The van der Waals surface area contributed by atoms with Gasteiger partial charge in [-0.05, 0) is 36.4 Å². The van der Waals surface area contributed by atoms with Crippen molar-refractivity contribution < 1.29 is 19.2 Å². The van der Waals surface area contributed by atoms with Gasteiger partial charge in [0.2, 0.25) is 0 Å². The Balaban J connectivity index is 1.98. The van der Waals surface area contributed by atoms with Crippen LogP contribution in [0.3, 0.4) is 0 Å². The van der Waals surface area contributed by atoms with Crippen molar-refractivity contribution in [3.8, 4) is 5.75 Å². The summed E-state index contributed by atoms with van der Waals surface area (Å²) in [6.45, 7) is 1.50. The van der Waals surface area contributed by atoms with Gasteiger partial charge >= 0.3 is 0 Å². The highest BCUT2D eigenvalue weighted by Gasteiger charge is 2.19. The number of carbonyl (C=O) groups excluding carboxylic acids is 1. The van der Waals surface area contributed by atoms with Gasteiger partial charge in [-0.3, -0.25) is 14.9 Å². The van der Waals surface area contributed by atoms with E-state index in [1.165, 1.54) is 17.0 Å². The number of carbonyl (C=O) groups is 1. The molecule has 1 amide bonds. The Labute approximate surface area is 171 Å². The normalized spacial score (nSPS) is 10.4. The van der Waals surface area contributed by atoms with Gasteiger partial charge in [0.25, 0.3) is 11.6 Å². The van der Waals surface area contributed by atoms with Crippen molar-refractivity contribution in [2.75, 3.05) is 45.8 Å². The third kappa shape index (κ3) is 6.21. The molecule has 28 heavy (non-hydrogen) atoms. The van der Waals surface area contributed by atoms with Crippen LogP contribution in [0.15, 0.2) is 46.9 Å². The topological polar surface area (TPSA) is 93.9 Å². The minimum absolute atomic E-state index is 0.151. The van der Waals surface area contributed by atoms with E-state index >= 15 is 0 Å². The van der Waals surface area contributed by atoms with Crippen LogP contribution in [0.5, 0.6) is 5.75 Å². The summed E-state index contributed by atoms with van der Waals surface area (Å²) in [5.41, 5.74) is 0.441. The second-order valence-corrected chi connectivity index (χ2v) is 6.85. The zero-order valence-electron chi connectivity index (χ0n) is 15.7. The number of ether oxygens (including phenoxy) is 2. The highest BCUT2D eigenvalue weighted by atomic mass is 79.9. The number of nitrogens with zero attached hydrogens (tertiary/aromatic N) is 2. The molecular weight excluding hydrogens is 430 g/mol. The molecule has 0 saturated carbocycles. The lowest BCUT2D eigenvalue weighted by Crippen LogP contribution is -2.31. The maximum atomic E-state index is 12.6. The monoisotopic (exact) mass is 451 g/mol. The molecule has 0 atom stereocenters. The van der Waals surface area contributed by atoms with Crippen LogP contribution in [0, 0.1) is 10.1 Å². The number of anilines is 1. The first-order valence-electron chi connectivity index (χ1n) is 8.57.